The molecule has 0 atom stereocenters. The van der Waals surface area contributed by atoms with Crippen molar-refractivity contribution in [3.05, 3.63) is 65.7 Å². The van der Waals surface area contributed by atoms with Crippen LogP contribution in [0, 0.1) is 6.92 Å². The van der Waals surface area contributed by atoms with Gasteiger partial charge in [-0.2, -0.15) is 5.10 Å². The normalized spacial score (nSPS) is 11.3. The van der Waals surface area contributed by atoms with E-state index in [9.17, 15) is 0 Å². The number of rotatable bonds is 4. The molecule has 2 nitrogen and oxygen atoms in total. The average molecular weight is 238 g/mol. The van der Waals surface area contributed by atoms with Gasteiger partial charge in [-0.05, 0) is 36.6 Å². The van der Waals surface area contributed by atoms with Crippen LogP contribution in [0.4, 0.5) is 5.69 Å². The van der Waals surface area contributed by atoms with Crippen molar-refractivity contribution in [1.82, 2.24) is 0 Å². The molecule has 0 spiro atoms. The molecule has 18 heavy (non-hydrogen) atoms. The van der Waals surface area contributed by atoms with Crippen molar-refractivity contribution in [2.24, 2.45) is 5.10 Å². The molecule has 0 aliphatic rings. The Kier molecular flexibility index (Phi) is 4.13. The Morgan fingerprint density at radius 3 is 2.50 bits per heavy atom. The third kappa shape index (κ3) is 3.20. The highest BCUT2D eigenvalue weighted by Crippen LogP contribution is 2.11. The van der Waals surface area contributed by atoms with Crippen molar-refractivity contribution >= 4 is 11.4 Å². The van der Waals surface area contributed by atoms with Crippen LogP contribution in [0.1, 0.15) is 24.5 Å². The first-order valence-electron chi connectivity index (χ1n) is 6.24. The summed E-state index contributed by atoms with van der Waals surface area (Å²) in [5.41, 5.74) is 7.61. The van der Waals surface area contributed by atoms with Crippen LogP contribution in [-0.4, -0.2) is 5.71 Å². The number of nitrogens with zero attached hydrogens (tertiary/aromatic N) is 1. The van der Waals surface area contributed by atoms with Crippen molar-refractivity contribution in [3.8, 4) is 0 Å². The average Bonchev–Trinajstić information content (AvgIpc) is 2.41. The van der Waals surface area contributed by atoms with Gasteiger partial charge in [0.1, 0.15) is 0 Å². The lowest BCUT2D eigenvalue weighted by Crippen LogP contribution is -2.02. The van der Waals surface area contributed by atoms with E-state index in [1.807, 2.05) is 30.3 Å². The maximum absolute atomic E-state index is 4.49. The summed E-state index contributed by atoms with van der Waals surface area (Å²) in [6.07, 6.45) is 0.906. The number of anilines is 1. The molecule has 2 aromatic rings. The SMILES string of the molecule is CC/C(=N/Nc1cccc(C)c1)c1ccccc1. The van der Waals surface area contributed by atoms with Crippen molar-refractivity contribution in [2.75, 3.05) is 5.43 Å². The molecule has 1 N–H and O–H groups in total. The molecule has 0 bridgehead atoms. The Morgan fingerprint density at radius 1 is 1.06 bits per heavy atom. The van der Waals surface area contributed by atoms with Gasteiger partial charge in [0.05, 0.1) is 11.4 Å². The van der Waals surface area contributed by atoms with Gasteiger partial charge in [-0.1, -0.05) is 49.4 Å². The van der Waals surface area contributed by atoms with E-state index in [-0.39, 0.29) is 0 Å². The molecule has 2 heteroatoms. The van der Waals surface area contributed by atoms with Crippen LogP contribution in [-0.2, 0) is 0 Å². The Morgan fingerprint density at radius 2 is 1.83 bits per heavy atom. The smallest absolute Gasteiger partial charge is 0.0676 e. The van der Waals surface area contributed by atoms with Crippen molar-refractivity contribution in [3.63, 3.8) is 0 Å². The predicted octanol–water partition coefficient (Wildman–Crippen LogP) is 4.22. The Balaban J connectivity index is 2.16. The summed E-state index contributed by atoms with van der Waals surface area (Å²) < 4.78 is 0. The van der Waals surface area contributed by atoms with Crippen molar-refractivity contribution in [1.29, 1.82) is 0 Å². The summed E-state index contributed by atoms with van der Waals surface area (Å²) in [7, 11) is 0. The number of benzene rings is 2. The minimum atomic E-state index is 0.906. The quantitative estimate of drug-likeness (QED) is 0.626. The van der Waals surface area contributed by atoms with Crippen molar-refractivity contribution in [2.45, 2.75) is 20.3 Å². The molecule has 0 amide bonds. The van der Waals surface area contributed by atoms with E-state index in [1.165, 1.54) is 11.1 Å². The summed E-state index contributed by atoms with van der Waals surface area (Å²) in [5.74, 6) is 0. The van der Waals surface area contributed by atoms with E-state index in [4.69, 9.17) is 0 Å². The van der Waals surface area contributed by atoms with E-state index >= 15 is 0 Å². The maximum Gasteiger partial charge on any atom is 0.0676 e. The monoisotopic (exact) mass is 238 g/mol. The fourth-order valence-corrected chi connectivity index (χ4v) is 1.82. The van der Waals surface area contributed by atoms with Crippen LogP contribution in [0.3, 0.4) is 0 Å². The molecule has 0 saturated carbocycles. The highest BCUT2D eigenvalue weighted by molar-refractivity contribution is 6.00. The van der Waals surface area contributed by atoms with Gasteiger partial charge < -0.3 is 0 Å². The molecule has 0 unspecified atom stereocenters. The fraction of sp³-hybridized carbons (Fsp3) is 0.188. The predicted molar refractivity (Wildman–Crippen MR) is 78.1 cm³/mol. The summed E-state index contributed by atoms with van der Waals surface area (Å²) in [6.45, 7) is 4.19. The zero-order valence-corrected chi connectivity index (χ0v) is 10.9. The molecule has 0 heterocycles. The van der Waals surface area contributed by atoms with Crippen LogP contribution in [0.25, 0.3) is 0 Å². The van der Waals surface area contributed by atoms with Gasteiger partial charge >= 0.3 is 0 Å². The van der Waals surface area contributed by atoms with E-state index in [0.29, 0.717) is 0 Å². The molecule has 2 aromatic carbocycles. The van der Waals surface area contributed by atoms with Crippen molar-refractivity contribution < 1.29 is 0 Å². The lowest BCUT2D eigenvalue weighted by atomic mass is 10.1. The maximum atomic E-state index is 4.49. The Hall–Kier alpha value is -2.09. The minimum Gasteiger partial charge on any atom is -0.278 e. The van der Waals surface area contributed by atoms with E-state index in [2.05, 4.69) is 48.6 Å². The molecule has 0 aliphatic carbocycles. The van der Waals surface area contributed by atoms with Crippen LogP contribution >= 0.6 is 0 Å². The topological polar surface area (TPSA) is 24.4 Å². The first-order valence-corrected chi connectivity index (χ1v) is 6.24. The van der Waals surface area contributed by atoms with Gasteiger partial charge in [-0.15, -0.1) is 0 Å². The van der Waals surface area contributed by atoms with Gasteiger partial charge in [0.15, 0.2) is 0 Å². The lowest BCUT2D eigenvalue weighted by Gasteiger charge is -2.06. The second-order valence-corrected chi connectivity index (χ2v) is 4.26. The van der Waals surface area contributed by atoms with Crippen LogP contribution in [0.2, 0.25) is 0 Å². The summed E-state index contributed by atoms with van der Waals surface area (Å²) in [6, 6.07) is 18.5. The van der Waals surface area contributed by atoms with Gasteiger partial charge in [0, 0.05) is 0 Å². The molecular formula is C16H18N2. The van der Waals surface area contributed by atoms with E-state index in [0.717, 1.165) is 17.8 Å². The summed E-state index contributed by atoms with van der Waals surface area (Å²) in [4.78, 5) is 0. The van der Waals surface area contributed by atoms with Gasteiger partial charge in [-0.3, -0.25) is 5.43 Å². The molecule has 0 aliphatic heterocycles. The zero-order chi connectivity index (χ0) is 12.8. The molecular weight excluding hydrogens is 220 g/mol. The number of hydrogen-bond acceptors (Lipinski definition) is 2. The Bertz CT molecular complexity index is 530. The second-order valence-electron chi connectivity index (χ2n) is 4.26. The van der Waals surface area contributed by atoms with E-state index < -0.39 is 0 Å². The summed E-state index contributed by atoms with van der Waals surface area (Å²) >= 11 is 0. The first kappa shape index (κ1) is 12.4. The molecule has 0 fully saturated rings. The standard InChI is InChI=1S/C16H18N2/c1-3-16(14-9-5-4-6-10-14)18-17-15-11-7-8-13(2)12-15/h4-12,17H,3H2,1-2H3/b18-16-. The number of nitrogens with one attached hydrogen (secondary N) is 1. The number of aryl methyl sites for hydroxylation is 1. The molecule has 0 aromatic heterocycles. The number of hydrazone groups is 1. The Labute approximate surface area is 108 Å². The first-order chi connectivity index (χ1) is 8.79. The lowest BCUT2D eigenvalue weighted by molar-refractivity contribution is 1.22. The zero-order valence-electron chi connectivity index (χ0n) is 10.9. The van der Waals surface area contributed by atoms with Gasteiger partial charge in [0.25, 0.3) is 0 Å². The van der Waals surface area contributed by atoms with Gasteiger partial charge in [-0.25, -0.2) is 0 Å². The third-order valence-electron chi connectivity index (χ3n) is 2.78. The largest absolute Gasteiger partial charge is 0.278 e. The highest BCUT2D eigenvalue weighted by Gasteiger charge is 1.99. The highest BCUT2D eigenvalue weighted by atomic mass is 15.3. The van der Waals surface area contributed by atoms with Gasteiger partial charge in [0.2, 0.25) is 0 Å². The molecule has 0 saturated heterocycles. The van der Waals surface area contributed by atoms with Crippen LogP contribution in [0.15, 0.2) is 59.7 Å². The fourth-order valence-electron chi connectivity index (χ4n) is 1.82. The van der Waals surface area contributed by atoms with Crippen LogP contribution < -0.4 is 5.43 Å². The van der Waals surface area contributed by atoms with Crippen LogP contribution in [0.5, 0.6) is 0 Å². The third-order valence-corrected chi connectivity index (χ3v) is 2.78. The molecule has 0 radical (unpaired) electrons. The molecule has 2 rings (SSSR count). The molecule has 92 valence electrons. The minimum absolute atomic E-state index is 0.906. The second kappa shape index (κ2) is 6.01. The number of hydrogen-bond donors (Lipinski definition) is 1. The summed E-state index contributed by atoms with van der Waals surface area (Å²) in [5, 5.41) is 4.49. The van der Waals surface area contributed by atoms with E-state index in [1.54, 1.807) is 0 Å².